The van der Waals surface area contributed by atoms with Crippen molar-refractivity contribution in [2.75, 3.05) is 0 Å². The number of benzene rings is 2. The van der Waals surface area contributed by atoms with Crippen LogP contribution in [0.15, 0.2) is 48.5 Å². The molecule has 0 radical (unpaired) electrons. The maximum absolute atomic E-state index is 4.83. The third-order valence-electron chi connectivity index (χ3n) is 4.64. The lowest BCUT2D eigenvalue weighted by molar-refractivity contribution is 0.445. The van der Waals surface area contributed by atoms with Crippen LogP contribution in [0.1, 0.15) is 43.6 Å². The summed E-state index contributed by atoms with van der Waals surface area (Å²) in [5.41, 5.74) is 3.76. The van der Waals surface area contributed by atoms with Crippen LogP contribution in [0.5, 0.6) is 0 Å². The van der Waals surface area contributed by atoms with Gasteiger partial charge in [0.1, 0.15) is 0 Å². The Labute approximate surface area is 119 Å². The Balaban J connectivity index is 1.94. The minimum atomic E-state index is 0.732. The molecule has 2 aromatic carbocycles. The van der Waals surface area contributed by atoms with E-state index in [1.165, 1.54) is 48.4 Å². The molecule has 0 unspecified atom stereocenters. The molecule has 0 atom stereocenters. The van der Waals surface area contributed by atoms with Crippen LogP contribution in [0.25, 0.3) is 21.8 Å². The normalized spacial score (nSPS) is 16.8. The standard InChI is InChI=1S/C19H19N/c1-2-7-14(8-3-1)16-10-6-12-19-17(16)13-15-9-4-5-11-18(15)20-19/h4-6,9-14H,1-3,7-8H2. The minimum absolute atomic E-state index is 0.732. The van der Waals surface area contributed by atoms with Gasteiger partial charge < -0.3 is 0 Å². The van der Waals surface area contributed by atoms with Crippen LogP contribution in [0.3, 0.4) is 0 Å². The van der Waals surface area contributed by atoms with Crippen molar-refractivity contribution in [3.05, 3.63) is 54.1 Å². The molecule has 1 aromatic heterocycles. The molecule has 0 bridgehead atoms. The zero-order valence-corrected chi connectivity index (χ0v) is 11.7. The molecule has 3 aromatic rings. The van der Waals surface area contributed by atoms with E-state index in [1.807, 2.05) is 0 Å². The predicted molar refractivity (Wildman–Crippen MR) is 85.1 cm³/mol. The van der Waals surface area contributed by atoms with E-state index in [0.29, 0.717) is 0 Å². The summed E-state index contributed by atoms with van der Waals surface area (Å²) in [6.45, 7) is 0. The van der Waals surface area contributed by atoms with Gasteiger partial charge in [-0.25, -0.2) is 4.98 Å². The molecule has 1 nitrogen and oxygen atoms in total. The van der Waals surface area contributed by atoms with Gasteiger partial charge in [-0.15, -0.1) is 0 Å². The van der Waals surface area contributed by atoms with E-state index in [4.69, 9.17) is 4.98 Å². The van der Waals surface area contributed by atoms with Gasteiger partial charge in [0.15, 0.2) is 0 Å². The third kappa shape index (κ3) is 1.98. The van der Waals surface area contributed by atoms with Crippen LogP contribution in [-0.2, 0) is 0 Å². The first-order valence-corrected chi connectivity index (χ1v) is 7.70. The van der Waals surface area contributed by atoms with Crippen LogP contribution >= 0.6 is 0 Å². The van der Waals surface area contributed by atoms with Crippen LogP contribution in [0.2, 0.25) is 0 Å². The molecule has 0 saturated heterocycles. The number of nitrogens with zero attached hydrogens (tertiary/aromatic N) is 1. The highest BCUT2D eigenvalue weighted by Crippen LogP contribution is 2.36. The van der Waals surface area contributed by atoms with Gasteiger partial charge in [-0.2, -0.15) is 0 Å². The van der Waals surface area contributed by atoms with E-state index in [2.05, 4.69) is 48.5 Å². The third-order valence-corrected chi connectivity index (χ3v) is 4.64. The maximum Gasteiger partial charge on any atom is 0.0712 e. The Kier molecular flexibility index (Phi) is 2.91. The van der Waals surface area contributed by atoms with Crippen LogP contribution < -0.4 is 0 Å². The lowest BCUT2D eigenvalue weighted by atomic mass is 9.82. The molecular formula is C19H19N. The highest BCUT2D eigenvalue weighted by Gasteiger charge is 2.17. The Morgan fingerprint density at radius 2 is 1.60 bits per heavy atom. The molecule has 1 fully saturated rings. The van der Waals surface area contributed by atoms with Crippen molar-refractivity contribution in [2.45, 2.75) is 38.0 Å². The van der Waals surface area contributed by atoms with Crippen molar-refractivity contribution in [1.82, 2.24) is 4.98 Å². The Morgan fingerprint density at radius 1 is 0.800 bits per heavy atom. The smallest absolute Gasteiger partial charge is 0.0712 e. The lowest BCUT2D eigenvalue weighted by Crippen LogP contribution is -2.05. The first-order valence-electron chi connectivity index (χ1n) is 7.70. The number of rotatable bonds is 1. The van der Waals surface area contributed by atoms with E-state index in [0.717, 1.165) is 17.0 Å². The molecule has 1 heterocycles. The van der Waals surface area contributed by atoms with Gasteiger partial charge >= 0.3 is 0 Å². The molecule has 0 spiro atoms. The first-order chi connectivity index (χ1) is 9.92. The van der Waals surface area contributed by atoms with Crippen LogP contribution in [-0.4, -0.2) is 4.98 Å². The first kappa shape index (κ1) is 11.9. The number of pyridine rings is 1. The van der Waals surface area contributed by atoms with Gasteiger partial charge in [0.05, 0.1) is 11.0 Å². The van der Waals surface area contributed by atoms with E-state index in [-0.39, 0.29) is 0 Å². The summed E-state index contributed by atoms with van der Waals surface area (Å²) in [5, 5.41) is 2.61. The summed E-state index contributed by atoms with van der Waals surface area (Å²) in [6, 6.07) is 17.4. The average molecular weight is 261 g/mol. The highest BCUT2D eigenvalue weighted by molar-refractivity contribution is 5.94. The zero-order valence-electron chi connectivity index (χ0n) is 11.7. The Hall–Kier alpha value is -1.89. The quantitative estimate of drug-likeness (QED) is 0.532. The number of aromatic nitrogens is 1. The summed E-state index contributed by atoms with van der Waals surface area (Å²) in [6.07, 6.45) is 6.84. The summed E-state index contributed by atoms with van der Waals surface area (Å²) in [7, 11) is 0. The van der Waals surface area contributed by atoms with E-state index >= 15 is 0 Å². The molecular weight excluding hydrogens is 242 g/mol. The van der Waals surface area contributed by atoms with Crippen LogP contribution in [0, 0.1) is 0 Å². The topological polar surface area (TPSA) is 12.9 Å². The summed E-state index contributed by atoms with van der Waals surface area (Å²) < 4.78 is 0. The van der Waals surface area contributed by atoms with Gasteiger partial charge in [0.25, 0.3) is 0 Å². The highest BCUT2D eigenvalue weighted by atomic mass is 14.7. The second-order valence-electron chi connectivity index (χ2n) is 5.93. The minimum Gasteiger partial charge on any atom is -0.248 e. The summed E-state index contributed by atoms with van der Waals surface area (Å²) >= 11 is 0. The second kappa shape index (κ2) is 4.90. The van der Waals surface area contributed by atoms with Gasteiger partial charge in [0, 0.05) is 10.8 Å². The predicted octanol–water partition coefficient (Wildman–Crippen LogP) is 5.44. The van der Waals surface area contributed by atoms with E-state index in [1.54, 1.807) is 0 Å². The molecule has 0 aliphatic heterocycles. The van der Waals surface area contributed by atoms with Gasteiger partial charge in [-0.05, 0) is 42.5 Å². The molecule has 1 aliphatic rings. The second-order valence-corrected chi connectivity index (χ2v) is 5.93. The fourth-order valence-electron chi connectivity index (χ4n) is 3.59. The number of fused-ring (bicyclic) bond motifs is 2. The van der Waals surface area contributed by atoms with Crippen molar-refractivity contribution in [1.29, 1.82) is 0 Å². The molecule has 100 valence electrons. The molecule has 1 heteroatoms. The van der Waals surface area contributed by atoms with E-state index in [9.17, 15) is 0 Å². The lowest BCUT2D eigenvalue weighted by Gasteiger charge is -2.23. The fraction of sp³-hybridized carbons (Fsp3) is 0.316. The largest absolute Gasteiger partial charge is 0.248 e. The maximum atomic E-state index is 4.83. The van der Waals surface area contributed by atoms with Crippen molar-refractivity contribution < 1.29 is 0 Å². The van der Waals surface area contributed by atoms with Gasteiger partial charge in [0.2, 0.25) is 0 Å². The van der Waals surface area contributed by atoms with Crippen molar-refractivity contribution >= 4 is 21.8 Å². The molecule has 4 rings (SSSR count). The Morgan fingerprint density at radius 3 is 2.50 bits per heavy atom. The molecule has 0 amide bonds. The van der Waals surface area contributed by atoms with Gasteiger partial charge in [-0.3, -0.25) is 0 Å². The molecule has 0 N–H and O–H groups in total. The molecule has 1 aliphatic carbocycles. The molecule has 1 saturated carbocycles. The van der Waals surface area contributed by atoms with Gasteiger partial charge in [-0.1, -0.05) is 49.6 Å². The number of hydrogen-bond donors (Lipinski definition) is 0. The van der Waals surface area contributed by atoms with Crippen molar-refractivity contribution in [3.8, 4) is 0 Å². The monoisotopic (exact) mass is 261 g/mol. The van der Waals surface area contributed by atoms with E-state index < -0.39 is 0 Å². The summed E-state index contributed by atoms with van der Waals surface area (Å²) in [4.78, 5) is 4.83. The Bertz CT molecular complexity index is 754. The summed E-state index contributed by atoms with van der Waals surface area (Å²) in [5.74, 6) is 0.732. The average Bonchev–Trinajstić information content (AvgIpc) is 2.53. The van der Waals surface area contributed by atoms with Crippen molar-refractivity contribution in [2.24, 2.45) is 0 Å². The molecule has 20 heavy (non-hydrogen) atoms. The number of hydrogen-bond acceptors (Lipinski definition) is 1. The van der Waals surface area contributed by atoms with Crippen molar-refractivity contribution in [3.63, 3.8) is 0 Å². The number of para-hydroxylation sites is 1. The zero-order chi connectivity index (χ0) is 13.4. The van der Waals surface area contributed by atoms with Crippen LogP contribution in [0.4, 0.5) is 0 Å². The fourth-order valence-corrected chi connectivity index (χ4v) is 3.59. The SMILES string of the molecule is c1ccc2nc3cccc(C4CCCCC4)c3cc2c1.